The lowest BCUT2D eigenvalue weighted by atomic mass is 9.90. The van der Waals surface area contributed by atoms with E-state index < -0.39 is 0 Å². The molecule has 2 aromatic rings. The number of rotatable bonds is 7. The van der Waals surface area contributed by atoms with Gasteiger partial charge in [0, 0.05) is 31.2 Å². The van der Waals surface area contributed by atoms with Crippen molar-refractivity contribution in [3.63, 3.8) is 0 Å². The van der Waals surface area contributed by atoms with Gasteiger partial charge in [-0.25, -0.2) is 0 Å². The van der Waals surface area contributed by atoms with Crippen LogP contribution in [0.4, 0.5) is 5.69 Å². The fraction of sp³-hybridized carbons (Fsp3) is 0.429. The third-order valence-electron chi connectivity index (χ3n) is 5.31. The number of methoxy groups -OCH3 is 1. The maximum Gasteiger partial charge on any atom is 0.311 e. The molecule has 6 nitrogen and oxygen atoms in total. The summed E-state index contributed by atoms with van der Waals surface area (Å²) in [5, 5.41) is 11.3. The molecule has 2 N–H and O–H groups in total. The van der Waals surface area contributed by atoms with Crippen molar-refractivity contribution in [3.8, 4) is 5.75 Å². The van der Waals surface area contributed by atoms with Crippen LogP contribution in [0.3, 0.4) is 0 Å². The third kappa shape index (κ3) is 5.05. The molecule has 0 saturated heterocycles. The first kappa shape index (κ1) is 19.3. The lowest BCUT2D eigenvalue weighted by Gasteiger charge is -2.36. The number of nitrogens with zero attached hydrogens (tertiary/aromatic N) is 2. The van der Waals surface area contributed by atoms with E-state index >= 15 is 0 Å². The summed E-state index contributed by atoms with van der Waals surface area (Å²) in [6, 6.07) is 16.3. The fourth-order valence-corrected chi connectivity index (χ4v) is 3.81. The summed E-state index contributed by atoms with van der Waals surface area (Å²) in [5.41, 5.74) is 8.26. The molecule has 0 unspecified atom stereocenters. The molecule has 0 bridgehead atoms. The molecule has 1 aliphatic rings. The Bertz CT molecular complexity index is 759. The first-order valence-electron chi connectivity index (χ1n) is 9.41. The van der Waals surface area contributed by atoms with Gasteiger partial charge >= 0.3 is 5.69 Å². The highest BCUT2D eigenvalue weighted by Gasteiger charge is 2.25. The summed E-state index contributed by atoms with van der Waals surface area (Å²) in [6.07, 6.45) is 4.18. The van der Waals surface area contributed by atoms with Crippen molar-refractivity contribution in [2.24, 2.45) is 5.73 Å². The fourth-order valence-electron chi connectivity index (χ4n) is 3.81. The number of nitrogens with two attached hydrogens (primary N) is 1. The van der Waals surface area contributed by atoms with Crippen molar-refractivity contribution < 1.29 is 9.66 Å². The van der Waals surface area contributed by atoms with Gasteiger partial charge in [0.2, 0.25) is 0 Å². The zero-order chi connectivity index (χ0) is 19.2. The SMILES string of the molecule is COc1ccc(CN(Cc2ccccc2)C2CCC(N)CC2)cc1[N+](=O)[O-]. The van der Waals surface area contributed by atoms with Crippen LogP contribution in [0.5, 0.6) is 5.75 Å². The Balaban J connectivity index is 1.82. The topological polar surface area (TPSA) is 81.6 Å². The maximum atomic E-state index is 11.3. The van der Waals surface area contributed by atoms with Crippen molar-refractivity contribution in [2.75, 3.05) is 7.11 Å². The largest absolute Gasteiger partial charge is 0.490 e. The van der Waals surface area contributed by atoms with Gasteiger partial charge in [0.15, 0.2) is 5.75 Å². The van der Waals surface area contributed by atoms with Gasteiger partial charge in [-0.2, -0.15) is 0 Å². The van der Waals surface area contributed by atoms with Crippen molar-refractivity contribution >= 4 is 5.69 Å². The molecule has 1 fully saturated rings. The van der Waals surface area contributed by atoms with Gasteiger partial charge in [-0.15, -0.1) is 0 Å². The van der Waals surface area contributed by atoms with Crippen LogP contribution < -0.4 is 10.5 Å². The highest BCUT2D eigenvalue weighted by molar-refractivity contribution is 5.48. The number of nitro groups is 1. The molecular formula is C21H27N3O3. The Morgan fingerprint density at radius 1 is 1.07 bits per heavy atom. The molecule has 0 aromatic heterocycles. The second-order valence-electron chi connectivity index (χ2n) is 7.22. The molecule has 3 rings (SSSR count). The summed E-state index contributed by atoms with van der Waals surface area (Å²) in [4.78, 5) is 13.4. The number of hydrogen-bond acceptors (Lipinski definition) is 5. The summed E-state index contributed by atoms with van der Waals surface area (Å²) in [7, 11) is 1.45. The zero-order valence-electron chi connectivity index (χ0n) is 15.7. The average Bonchev–Trinajstić information content (AvgIpc) is 2.69. The second kappa shape index (κ2) is 8.97. The zero-order valence-corrected chi connectivity index (χ0v) is 15.7. The quantitative estimate of drug-likeness (QED) is 0.592. The Kier molecular flexibility index (Phi) is 6.42. The van der Waals surface area contributed by atoms with Crippen LogP contribution in [0.15, 0.2) is 48.5 Å². The number of benzene rings is 2. The summed E-state index contributed by atoms with van der Waals surface area (Å²) < 4.78 is 5.12. The van der Waals surface area contributed by atoms with Crippen LogP contribution in [0, 0.1) is 10.1 Å². The van der Waals surface area contributed by atoms with Crippen LogP contribution >= 0.6 is 0 Å². The van der Waals surface area contributed by atoms with Crippen LogP contribution in [-0.4, -0.2) is 29.0 Å². The molecule has 0 aliphatic heterocycles. The molecule has 0 amide bonds. The van der Waals surface area contributed by atoms with E-state index in [0.29, 0.717) is 24.4 Å². The molecule has 6 heteroatoms. The highest BCUT2D eigenvalue weighted by Crippen LogP contribution is 2.30. The molecule has 144 valence electrons. The molecule has 0 heterocycles. The molecule has 0 atom stereocenters. The Morgan fingerprint density at radius 2 is 1.74 bits per heavy atom. The monoisotopic (exact) mass is 369 g/mol. The minimum Gasteiger partial charge on any atom is -0.490 e. The van der Waals surface area contributed by atoms with E-state index in [-0.39, 0.29) is 10.6 Å². The van der Waals surface area contributed by atoms with Gasteiger partial charge in [0.05, 0.1) is 12.0 Å². The minimum atomic E-state index is -0.385. The van der Waals surface area contributed by atoms with Crippen LogP contribution in [-0.2, 0) is 13.1 Å². The Labute approximate surface area is 160 Å². The van der Waals surface area contributed by atoms with E-state index in [2.05, 4.69) is 17.0 Å². The number of nitro benzene ring substituents is 1. The molecule has 1 aliphatic carbocycles. The maximum absolute atomic E-state index is 11.3. The molecule has 2 aromatic carbocycles. The smallest absolute Gasteiger partial charge is 0.311 e. The van der Waals surface area contributed by atoms with Crippen LogP contribution in [0.1, 0.15) is 36.8 Å². The first-order chi connectivity index (χ1) is 13.1. The molecular weight excluding hydrogens is 342 g/mol. The summed E-state index contributed by atoms with van der Waals surface area (Å²) >= 11 is 0. The van der Waals surface area contributed by atoms with Gasteiger partial charge in [-0.05, 0) is 42.9 Å². The van der Waals surface area contributed by atoms with Gasteiger partial charge in [0.1, 0.15) is 0 Å². The highest BCUT2D eigenvalue weighted by atomic mass is 16.6. The molecule has 0 spiro atoms. The number of ether oxygens (including phenoxy) is 1. The van der Waals surface area contributed by atoms with E-state index in [1.165, 1.54) is 12.7 Å². The first-order valence-corrected chi connectivity index (χ1v) is 9.41. The van der Waals surface area contributed by atoms with E-state index in [1.54, 1.807) is 12.1 Å². The summed E-state index contributed by atoms with van der Waals surface area (Å²) in [6.45, 7) is 1.49. The van der Waals surface area contributed by atoms with Gasteiger partial charge < -0.3 is 10.5 Å². The number of hydrogen-bond donors (Lipinski definition) is 1. The van der Waals surface area contributed by atoms with Gasteiger partial charge in [0.25, 0.3) is 0 Å². The lowest BCUT2D eigenvalue weighted by molar-refractivity contribution is -0.385. The Morgan fingerprint density at radius 3 is 2.37 bits per heavy atom. The van der Waals surface area contributed by atoms with E-state index in [9.17, 15) is 10.1 Å². The van der Waals surface area contributed by atoms with E-state index in [1.807, 2.05) is 24.3 Å². The molecule has 1 saturated carbocycles. The third-order valence-corrected chi connectivity index (χ3v) is 5.31. The van der Waals surface area contributed by atoms with Crippen molar-refractivity contribution in [3.05, 3.63) is 69.8 Å². The Hall–Kier alpha value is -2.44. The second-order valence-corrected chi connectivity index (χ2v) is 7.22. The van der Waals surface area contributed by atoms with Crippen molar-refractivity contribution in [1.82, 2.24) is 4.90 Å². The van der Waals surface area contributed by atoms with Gasteiger partial charge in [-0.1, -0.05) is 36.4 Å². The summed E-state index contributed by atoms with van der Waals surface area (Å²) in [5.74, 6) is 0.294. The van der Waals surface area contributed by atoms with Crippen molar-refractivity contribution in [1.29, 1.82) is 0 Å². The predicted octanol–water partition coefficient (Wildman–Crippen LogP) is 3.88. The van der Waals surface area contributed by atoms with Crippen LogP contribution in [0.25, 0.3) is 0 Å². The van der Waals surface area contributed by atoms with E-state index in [4.69, 9.17) is 10.5 Å². The van der Waals surface area contributed by atoms with Crippen LogP contribution in [0.2, 0.25) is 0 Å². The van der Waals surface area contributed by atoms with Crippen molar-refractivity contribution in [2.45, 2.75) is 50.9 Å². The van der Waals surface area contributed by atoms with E-state index in [0.717, 1.165) is 37.8 Å². The van der Waals surface area contributed by atoms with Gasteiger partial charge in [-0.3, -0.25) is 15.0 Å². The normalized spacial score (nSPS) is 19.8. The molecule has 0 radical (unpaired) electrons. The minimum absolute atomic E-state index is 0.0142. The molecule has 27 heavy (non-hydrogen) atoms. The standard InChI is InChI=1S/C21H27N3O3/c1-27-21-12-7-17(13-20(21)24(25)26)15-23(14-16-5-3-2-4-6-16)19-10-8-18(22)9-11-19/h2-7,12-13,18-19H,8-11,14-15,22H2,1H3. The predicted molar refractivity (Wildman–Crippen MR) is 106 cm³/mol. The lowest BCUT2D eigenvalue weighted by Crippen LogP contribution is -2.40. The average molecular weight is 369 g/mol.